The van der Waals surface area contributed by atoms with Gasteiger partial charge < -0.3 is 20.1 Å². The van der Waals surface area contributed by atoms with Crippen molar-refractivity contribution >= 4 is 34.7 Å². The maximum absolute atomic E-state index is 13.5. The first-order valence-corrected chi connectivity index (χ1v) is 12.2. The summed E-state index contributed by atoms with van der Waals surface area (Å²) in [7, 11) is 1.36. The molecule has 1 saturated carbocycles. The summed E-state index contributed by atoms with van der Waals surface area (Å²) in [6.07, 6.45) is 5.52. The van der Waals surface area contributed by atoms with Crippen molar-refractivity contribution in [3.8, 4) is 11.1 Å². The Kier molecular flexibility index (Phi) is 8.20. The van der Waals surface area contributed by atoms with E-state index in [0.717, 1.165) is 37.5 Å². The molecule has 0 aliphatic heterocycles. The van der Waals surface area contributed by atoms with Crippen LogP contribution in [0.3, 0.4) is 0 Å². The highest BCUT2D eigenvalue weighted by Gasteiger charge is 2.23. The van der Waals surface area contributed by atoms with Gasteiger partial charge in [-0.15, -0.1) is 0 Å². The molecule has 186 valence electrons. The Hall–Kier alpha value is -3.17. The van der Waals surface area contributed by atoms with E-state index in [-0.39, 0.29) is 24.4 Å². The number of carbonyl (C=O) groups is 1. The van der Waals surface area contributed by atoms with Crippen molar-refractivity contribution in [2.24, 2.45) is 0 Å². The number of anilines is 1. The van der Waals surface area contributed by atoms with Gasteiger partial charge in [-0.1, -0.05) is 36.7 Å². The zero-order valence-corrected chi connectivity index (χ0v) is 20.7. The van der Waals surface area contributed by atoms with Crippen LogP contribution in [0.25, 0.3) is 22.2 Å². The fraction of sp³-hybridized carbons (Fsp3) is 0.440. The number of benzene rings is 1. The van der Waals surface area contributed by atoms with E-state index in [0.29, 0.717) is 34.4 Å². The highest BCUT2D eigenvalue weighted by molar-refractivity contribution is 6.33. The Morgan fingerprint density at radius 1 is 1.17 bits per heavy atom. The molecule has 0 spiro atoms. The molecule has 35 heavy (non-hydrogen) atoms. The van der Waals surface area contributed by atoms with Crippen molar-refractivity contribution < 1.29 is 14.3 Å². The number of hydrogen-bond donors (Lipinski definition) is 2. The second-order valence-electron chi connectivity index (χ2n) is 8.61. The SMILES string of the molecule is CCCOCn1c(=O)c(-c2ccccc2Cl)cc2cnc(NC3CCC(NC(=O)OC)CC3)nc21. The first-order valence-electron chi connectivity index (χ1n) is 11.8. The predicted molar refractivity (Wildman–Crippen MR) is 136 cm³/mol. The minimum absolute atomic E-state index is 0.0855. The Morgan fingerprint density at radius 2 is 1.91 bits per heavy atom. The van der Waals surface area contributed by atoms with Crippen LogP contribution < -0.4 is 16.2 Å². The van der Waals surface area contributed by atoms with Gasteiger partial charge in [0.1, 0.15) is 12.4 Å². The van der Waals surface area contributed by atoms with Gasteiger partial charge >= 0.3 is 6.09 Å². The molecule has 0 bridgehead atoms. The molecule has 0 radical (unpaired) electrons. The zero-order chi connectivity index (χ0) is 24.8. The quantitative estimate of drug-likeness (QED) is 0.437. The van der Waals surface area contributed by atoms with Gasteiger partial charge in [0.15, 0.2) is 0 Å². The lowest BCUT2D eigenvalue weighted by Gasteiger charge is -2.29. The van der Waals surface area contributed by atoms with E-state index in [2.05, 4.69) is 25.3 Å². The van der Waals surface area contributed by atoms with Crippen LogP contribution in [0.5, 0.6) is 0 Å². The number of ether oxygens (including phenoxy) is 2. The first-order chi connectivity index (χ1) is 17.0. The molecule has 9 nitrogen and oxygen atoms in total. The molecule has 1 fully saturated rings. The smallest absolute Gasteiger partial charge is 0.407 e. The number of amides is 1. The Labute approximate surface area is 208 Å². The van der Waals surface area contributed by atoms with Crippen LogP contribution in [0.4, 0.5) is 10.7 Å². The van der Waals surface area contributed by atoms with E-state index in [1.807, 2.05) is 25.1 Å². The number of carbonyl (C=O) groups excluding carboxylic acids is 1. The minimum atomic E-state index is -0.404. The lowest BCUT2D eigenvalue weighted by molar-refractivity contribution is 0.0779. The van der Waals surface area contributed by atoms with Crippen LogP contribution in [0.2, 0.25) is 5.02 Å². The van der Waals surface area contributed by atoms with Crippen molar-refractivity contribution in [3.05, 3.63) is 51.9 Å². The lowest BCUT2D eigenvalue weighted by Crippen LogP contribution is -2.40. The van der Waals surface area contributed by atoms with Crippen LogP contribution >= 0.6 is 11.6 Å². The third-order valence-electron chi connectivity index (χ3n) is 6.13. The van der Waals surface area contributed by atoms with E-state index in [9.17, 15) is 9.59 Å². The fourth-order valence-corrected chi connectivity index (χ4v) is 4.55. The number of hydrogen-bond acceptors (Lipinski definition) is 7. The summed E-state index contributed by atoms with van der Waals surface area (Å²) >= 11 is 6.39. The fourth-order valence-electron chi connectivity index (χ4n) is 4.31. The number of nitrogens with one attached hydrogen (secondary N) is 2. The average Bonchev–Trinajstić information content (AvgIpc) is 2.87. The third-order valence-corrected chi connectivity index (χ3v) is 6.46. The molecule has 2 aromatic heterocycles. The predicted octanol–water partition coefficient (Wildman–Crippen LogP) is 4.58. The number of alkyl carbamates (subject to hydrolysis) is 1. The van der Waals surface area contributed by atoms with E-state index >= 15 is 0 Å². The number of rotatable bonds is 8. The van der Waals surface area contributed by atoms with E-state index in [4.69, 9.17) is 16.3 Å². The normalized spacial score (nSPS) is 17.8. The first kappa shape index (κ1) is 24.9. The number of methoxy groups -OCH3 is 1. The van der Waals surface area contributed by atoms with Gasteiger partial charge in [-0.2, -0.15) is 4.98 Å². The van der Waals surface area contributed by atoms with Crippen LogP contribution in [-0.4, -0.2) is 46.4 Å². The molecule has 1 amide bonds. The Balaban J connectivity index is 1.60. The van der Waals surface area contributed by atoms with Gasteiger partial charge in [-0.3, -0.25) is 9.36 Å². The summed E-state index contributed by atoms with van der Waals surface area (Å²) in [4.78, 5) is 34.1. The van der Waals surface area contributed by atoms with Crippen molar-refractivity contribution in [1.82, 2.24) is 19.9 Å². The van der Waals surface area contributed by atoms with Crippen LogP contribution in [0.15, 0.2) is 41.3 Å². The molecule has 4 rings (SSSR count). The summed E-state index contributed by atoms with van der Waals surface area (Å²) in [5.74, 6) is 0.455. The largest absolute Gasteiger partial charge is 0.453 e. The molecule has 2 N–H and O–H groups in total. The summed E-state index contributed by atoms with van der Waals surface area (Å²) in [6, 6.07) is 9.31. The summed E-state index contributed by atoms with van der Waals surface area (Å²) < 4.78 is 11.9. The molecule has 3 aromatic rings. The second kappa shape index (κ2) is 11.5. The van der Waals surface area contributed by atoms with Gasteiger partial charge in [0, 0.05) is 46.4 Å². The van der Waals surface area contributed by atoms with E-state index in [1.165, 1.54) is 11.7 Å². The number of pyridine rings is 1. The molecule has 0 saturated heterocycles. The molecule has 1 aromatic carbocycles. The van der Waals surface area contributed by atoms with Crippen molar-refractivity contribution in [3.63, 3.8) is 0 Å². The molecular weight excluding hydrogens is 470 g/mol. The minimum Gasteiger partial charge on any atom is -0.453 e. The number of fused-ring (bicyclic) bond motifs is 1. The topological polar surface area (TPSA) is 107 Å². The average molecular weight is 500 g/mol. The van der Waals surface area contributed by atoms with Gasteiger partial charge in [0.2, 0.25) is 5.95 Å². The molecule has 1 aliphatic rings. The zero-order valence-electron chi connectivity index (χ0n) is 19.9. The van der Waals surface area contributed by atoms with Crippen LogP contribution in [0.1, 0.15) is 39.0 Å². The number of aromatic nitrogens is 3. The Bertz CT molecular complexity index is 1240. The second-order valence-corrected chi connectivity index (χ2v) is 9.02. The summed E-state index contributed by atoms with van der Waals surface area (Å²) in [5.41, 5.74) is 1.41. The molecule has 10 heteroatoms. The molecule has 1 aliphatic carbocycles. The van der Waals surface area contributed by atoms with Gasteiger partial charge in [-0.25, -0.2) is 9.78 Å². The van der Waals surface area contributed by atoms with Crippen molar-refractivity contribution in [1.29, 1.82) is 0 Å². The Morgan fingerprint density at radius 3 is 2.63 bits per heavy atom. The van der Waals surface area contributed by atoms with Crippen molar-refractivity contribution in [2.75, 3.05) is 19.0 Å². The third kappa shape index (κ3) is 5.91. The van der Waals surface area contributed by atoms with Gasteiger partial charge in [0.25, 0.3) is 5.56 Å². The molecule has 2 heterocycles. The van der Waals surface area contributed by atoms with Crippen molar-refractivity contribution in [2.45, 2.75) is 57.8 Å². The summed E-state index contributed by atoms with van der Waals surface area (Å²) in [6.45, 7) is 2.63. The van der Waals surface area contributed by atoms with Crippen LogP contribution in [-0.2, 0) is 16.2 Å². The van der Waals surface area contributed by atoms with E-state index < -0.39 is 6.09 Å². The summed E-state index contributed by atoms with van der Waals surface area (Å²) in [5, 5.41) is 7.46. The highest BCUT2D eigenvalue weighted by atomic mass is 35.5. The van der Waals surface area contributed by atoms with E-state index in [1.54, 1.807) is 18.3 Å². The lowest BCUT2D eigenvalue weighted by atomic mass is 9.91. The highest BCUT2D eigenvalue weighted by Crippen LogP contribution is 2.28. The maximum Gasteiger partial charge on any atom is 0.407 e. The van der Waals surface area contributed by atoms with Gasteiger partial charge in [-0.05, 0) is 44.2 Å². The molecule has 0 unspecified atom stereocenters. The van der Waals surface area contributed by atoms with Gasteiger partial charge in [0.05, 0.1) is 7.11 Å². The maximum atomic E-state index is 13.5. The van der Waals surface area contributed by atoms with Crippen LogP contribution in [0, 0.1) is 0 Å². The number of halogens is 1. The number of nitrogens with zero attached hydrogens (tertiary/aromatic N) is 3. The molecular formula is C25H30ClN5O4. The molecule has 0 atom stereocenters. The monoisotopic (exact) mass is 499 g/mol. The standard InChI is InChI=1S/C25H30ClN5O4/c1-3-12-35-15-31-22-16(13-20(23(31)32)19-6-4-5-7-21(19)26)14-27-24(30-22)28-17-8-10-18(11-9-17)29-25(33)34-2/h4-7,13-14,17-18H,3,8-12,15H2,1-2H3,(H,29,33)(H,27,28,30).